The molecule has 2 aliphatic heterocycles. The monoisotopic (exact) mass is 632 g/mol. The Hall–Kier alpha value is 2.83. The first-order chi connectivity index (χ1) is 13.7. The fraction of sp³-hybridized carbons (Fsp3) is 1.00. The summed E-state index contributed by atoms with van der Waals surface area (Å²) in [5, 5.41) is 18.7. The van der Waals surface area contributed by atoms with Crippen LogP contribution in [0.1, 0.15) is 0 Å². The molecule has 2 aliphatic rings. The molecule has 0 saturated carbocycles. The van der Waals surface area contributed by atoms with E-state index in [0.717, 1.165) is 6.66 Å². The van der Waals surface area contributed by atoms with Crippen molar-refractivity contribution in [1.82, 2.24) is 0 Å². The summed E-state index contributed by atoms with van der Waals surface area (Å²) < 4.78 is 40.6. The van der Waals surface area contributed by atoms with E-state index in [0.29, 0.717) is 0 Å². The third kappa shape index (κ3) is 9.66. The van der Waals surface area contributed by atoms with Gasteiger partial charge < -0.3 is 4.89 Å². The third-order valence-corrected chi connectivity index (χ3v) is 16.0. The molecule has 25 heteroatoms. The molecule has 1 spiro atoms. The van der Waals surface area contributed by atoms with Gasteiger partial charge in [-0.3, -0.25) is 0 Å². The van der Waals surface area contributed by atoms with Gasteiger partial charge >= 0.3 is 153 Å². The maximum absolute atomic E-state index is 12.0. The molecule has 0 amide bonds. The van der Waals surface area contributed by atoms with Crippen LogP contribution in [0, 0.1) is 0 Å². The van der Waals surface area contributed by atoms with Gasteiger partial charge in [-0.05, 0) is 11.8 Å². The van der Waals surface area contributed by atoms with E-state index >= 15 is 0 Å². The number of ether oxygens (including phenoxy) is 1. The minimum atomic E-state index is -4.68. The Morgan fingerprint density at radius 1 is 0.968 bits per heavy atom. The molecule has 0 aromatic heterocycles. The third-order valence-electron chi connectivity index (χ3n) is 3.29. The summed E-state index contributed by atoms with van der Waals surface area (Å²) in [6.45, 7) is -18.3. The zero-order valence-corrected chi connectivity index (χ0v) is 23.6. The molecule has 1 saturated heterocycles. The molecular weight excluding hydrogens is 617 g/mol. The number of hydrogen-bond acceptors (Lipinski definition) is 13. The molecule has 0 bridgehead atoms. The second kappa shape index (κ2) is 10.3. The molecule has 31 heavy (non-hydrogen) atoms. The van der Waals surface area contributed by atoms with Gasteiger partial charge in [0.25, 0.3) is 0 Å². The number of aliphatic hydroxyl groups is 2. The van der Waals surface area contributed by atoms with E-state index in [-0.39, 0.29) is 0 Å². The molecule has 8 atom stereocenters. The number of thiol groups is 1. The second-order valence-electron chi connectivity index (χ2n) is 6.08. The molecular formula is C6H15B2O13P5S5. The fourth-order valence-electron chi connectivity index (χ4n) is 2.18. The van der Waals surface area contributed by atoms with Crippen molar-refractivity contribution in [3.05, 3.63) is 0 Å². The first-order valence-electron chi connectivity index (χ1n) is 7.52. The van der Waals surface area contributed by atoms with E-state index in [1.165, 1.54) is 13.6 Å². The maximum atomic E-state index is 12.0. The average molecular weight is 632 g/mol. The van der Waals surface area contributed by atoms with Crippen molar-refractivity contribution in [2.24, 2.45) is 0 Å². The molecule has 6 N–H and O–H groups in total. The van der Waals surface area contributed by atoms with Gasteiger partial charge in [0.15, 0.2) is 6.49 Å². The van der Waals surface area contributed by atoms with Gasteiger partial charge in [-0.1, -0.05) is 12.2 Å². The molecule has 13 nitrogen and oxygen atoms in total. The first kappa shape index (κ1) is 30.1. The van der Waals surface area contributed by atoms with Crippen molar-refractivity contribution in [3.8, 4) is 0 Å². The Bertz CT molecular complexity index is 982. The van der Waals surface area contributed by atoms with Gasteiger partial charge in [-0.2, -0.15) is 0 Å². The van der Waals surface area contributed by atoms with Crippen LogP contribution in [0.5, 0.6) is 0 Å². The number of hydrogen-bond donors (Lipinski definition) is 7. The normalized spacial score (nSPS) is 33.7. The average Bonchev–Trinajstić information content (AvgIpc) is 3.19. The summed E-state index contributed by atoms with van der Waals surface area (Å²) in [4.78, 5) is 39.6. The van der Waals surface area contributed by atoms with Gasteiger partial charge in [-0.25, -0.2) is 8.88 Å². The van der Waals surface area contributed by atoms with Crippen LogP contribution in [0.15, 0.2) is 0 Å². The van der Waals surface area contributed by atoms with Crippen molar-refractivity contribution >= 4 is 107 Å². The Morgan fingerprint density at radius 3 is 1.90 bits per heavy atom. The predicted octanol–water partition coefficient (Wildman–Crippen LogP) is -0.199. The van der Waals surface area contributed by atoms with Gasteiger partial charge in [0.1, 0.15) is 0 Å². The Kier molecular flexibility index (Phi) is 9.99. The Balaban J connectivity index is 1.94. The van der Waals surface area contributed by atoms with E-state index in [9.17, 15) is 34.4 Å². The topological polar surface area (TPSA) is 194 Å². The van der Waals surface area contributed by atoms with Crippen LogP contribution in [0.2, 0.25) is 0 Å². The molecule has 8 unspecified atom stereocenters. The van der Waals surface area contributed by atoms with Crippen LogP contribution in [-0.2, 0) is 78.3 Å². The van der Waals surface area contributed by atoms with Crippen molar-refractivity contribution in [2.45, 2.75) is 23.7 Å². The van der Waals surface area contributed by atoms with Crippen LogP contribution in [0.4, 0.5) is 0 Å². The molecule has 0 aliphatic carbocycles. The summed E-state index contributed by atoms with van der Waals surface area (Å²) in [5.41, 5.74) is 0. The summed E-state index contributed by atoms with van der Waals surface area (Å²) in [6.07, 6.45) is -3.72. The molecule has 0 radical (unpaired) electrons. The summed E-state index contributed by atoms with van der Waals surface area (Å²) >= 11 is 21.8. The van der Waals surface area contributed by atoms with Crippen molar-refractivity contribution in [1.29, 1.82) is 0 Å². The van der Waals surface area contributed by atoms with Crippen LogP contribution < -0.4 is 0 Å². The van der Waals surface area contributed by atoms with Gasteiger partial charge in [0, 0.05) is 6.66 Å². The van der Waals surface area contributed by atoms with E-state index in [2.05, 4.69) is 76.7 Å². The van der Waals surface area contributed by atoms with E-state index in [1.54, 1.807) is 0 Å². The fourth-order valence-corrected chi connectivity index (χ4v) is 17.4. The van der Waals surface area contributed by atoms with Crippen LogP contribution >= 0.6 is 45.7 Å². The Morgan fingerprint density at radius 2 is 1.45 bits per heavy atom. The quantitative estimate of drug-likeness (QED) is 0.0899. The number of rotatable bonds is 11. The van der Waals surface area contributed by atoms with Crippen molar-refractivity contribution in [2.75, 3.05) is 13.3 Å². The zero-order valence-electron chi connectivity index (χ0n) is 15.0. The van der Waals surface area contributed by atoms with Gasteiger partial charge in [0.2, 0.25) is 0 Å². The van der Waals surface area contributed by atoms with Crippen LogP contribution in [0.3, 0.4) is 0 Å². The van der Waals surface area contributed by atoms with Crippen LogP contribution in [0.25, 0.3) is 0 Å². The first-order valence-corrected chi connectivity index (χ1v) is 21.1. The summed E-state index contributed by atoms with van der Waals surface area (Å²) in [7, 11) is 0. The van der Waals surface area contributed by atoms with Crippen LogP contribution in [-0.4, -0.2) is 80.4 Å². The Labute approximate surface area is 203 Å². The minimum absolute atomic E-state index is 0.564. The molecule has 0 aromatic rings. The standard InChI is InChI=1S/C6H15B2O13P5S5/c1-22(11,27)18-24(13,29)20-26(15,31)21-25(14,30)19-23(12,28)16-2-3-4(9)5(10)6(17-3)7-8-6/h3-5,9-10H,2H2,1H3,(H,11,27)(H,12,28)(H,13,29)(H,14,30)(H,15,31). The summed E-state index contributed by atoms with van der Waals surface area (Å²) in [5.74, 6) is 0. The van der Waals surface area contributed by atoms with Gasteiger partial charge in [-0.15, -0.1) is 0 Å². The van der Waals surface area contributed by atoms with Gasteiger partial charge in [0.05, 0.1) is 0 Å². The van der Waals surface area contributed by atoms with E-state index in [1.807, 2.05) is 0 Å². The van der Waals surface area contributed by atoms with Crippen molar-refractivity contribution < 1.29 is 60.9 Å². The molecule has 1 fully saturated rings. The molecule has 0 aromatic carbocycles. The molecule has 2 heterocycles. The SMILES string of the molecule is CP(O)(=S)OP(=O)(S)OP(O)(=S)OP(O)(=S)OP(O)(=S)OCC1OC2(B=B2)C(O)C1O. The predicted molar refractivity (Wildman–Crippen MR) is 130 cm³/mol. The van der Waals surface area contributed by atoms with E-state index < -0.39 is 63.8 Å². The molecule has 178 valence electrons. The number of aliphatic hydroxyl groups excluding tert-OH is 2. The zero-order chi connectivity index (χ0) is 24.1. The summed E-state index contributed by atoms with van der Waals surface area (Å²) in [6, 6.07) is 0. The van der Waals surface area contributed by atoms with Crippen molar-refractivity contribution in [3.63, 3.8) is 0 Å². The second-order valence-corrected chi connectivity index (χ2v) is 22.0. The molecule has 2 rings (SSSR count). The van der Waals surface area contributed by atoms with E-state index in [4.69, 9.17) is 9.26 Å².